The average Bonchev–Trinajstić information content (AvgIpc) is 2.36. The normalized spacial score (nSPS) is 12.5. The van der Waals surface area contributed by atoms with Gasteiger partial charge >= 0.3 is 0 Å². The number of aliphatic imine (C=N–C) groups is 1. The first-order chi connectivity index (χ1) is 8.65. The highest BCUT2D eigenvalue weighted by Crippen LogP contribution is 2.02. The highest BCUT2D eigenvalue weighted by molar-refractivity contribution is 14.0. The molecule has 0 bridgehead atoms. The van der Waals surface area contributed by atoms with E-state index in [9.17, 15) is 0 Å². The van der Waals surface area contributed by atoms with Gasteiger partial charge in [-0.05, 0) is 19.4 Å². The van der Waals surface area contributed by atoms with Gasteiger partial charge in [-0.3, -0.25) is 4.99 Å². The maximum atomic E-state index is 5.08. The molecule has 2 N–H and O–H groups in total. The summed E-state index contributed by atoms with van der Waals surface area (Å²) in [7, 11) is 3.46. The second-order valence-corrected chi connectivity index (χ2v) is 4.41. The minimum Gasteiger partial charge on any atom is -0.383 e. The fourth-order valence-corrected chi connectivity index (χ4v) is 1.61. The largest absolute Gasteiger partial charge is 0.383 e. The Morgan fingerprint density at radius 1 is 1.32 bits per heavy atom. The molecule has 1 aromatic rings. The Morgan fingerprint density at radius 2 is 1.95 bits per heavy atom. The van der Waals surface area contributed by atoms with Crippen LogP contribution in [-0.4, -0.2) is 32.8 Å². The summed E-state index contributed by atoms with van der Waals surface area (Å²) in [5.74, 6) is 0.792. The summed E-state index contributed by atoms with van der Waals surface area (Å²) in [6.07, 6.45) is 0. The van der Waals surface area contributed by atoms with E-state index in [1.165, 1.54) is 11.1 Å². The van der Waals surface area contributed by atoms with Crippen molar-refractivity contribution < 1.29 is 4.74 Å². The Labute approximate surface area is 133 Å². The number of rotatable bonds is 5. The van der Waals surface area contributed by atoms with Crippen LogP contribution in [0.2, 0.25) is 0 Å². The first-order valence-electron chi connectivity index (χ1n) is 6.17. The van der Waals surface area contributed by atoms with Crippen LogP contribution in [0.3, 0.4) is 0 Å². The van der Waals surface area contributed by atoms with Crippen LogP contribution < -0.4 is 10.6 Å². The van der Waals surface area contributed by atoms with Crippen molar-refractivity contribution in [3.05, 3.63) is 35.4 Å². The maximum absolute atomic E-state index is 5.08. The van der Waals surface area contributed by atoms with Gasteiger partial charge in [-0.25, -0.2) is 0 Å². The number of methoxy groups -OCH3 is 1. The van der Waals surface area contributed by atoms with E-state index in [4.69, 9.17) is 4.74 Å². The predicted molar refractivity (Wildman–Crippen MR) is 91.3 cm³/mol. The monoisotopic (exact) mass is 377 g/mol. The fourth-order valence-electron chi connectivity index (χ4n) is 1.61. The first kappa shape index (κ1) is 18.2. The minimum absolute atomic E-state index is 0. The number of guanidine groups is 1. The summed E-state index contributed by atoms with van der Waals surface area (Å²) in [4.78, 5) is 4.18. The Hall–Kier alpha value is -0.820. The number of aryl methyl sites for hydroxylation is 1. The van der Waals surface area contributed by atoms with Gasteiger partial charge in [-0.1, -0.05) is 29.8 Å². The molecular weight excluding hydrogens is 353 g/mol. The zero-order valence-electron chi connectivity index (χ0n) is 12.1. The molecule has 1 aromatic carbocycles. The van der Waals surface area contributed by atoms with Crippen LogP contribution >= 0.6 is 24.0 Å². The number of nitrogens with zero attached hydrogens (tertiary/aromatic N) is 1. The van der Waals surface area contributed by atoms with Gasteiger partial charge < -0.3 is 15.4 Å². The van der Waals surface area contributed by atoms with E-state index in [2.05, 4.69) is 53.7 Å². The van der Waals surface area contributed by atoms with Crippen molar-refractivity contribution in [3.63, 3.8) is 0 Å². The van der Waals surface area contributed by atoms with E-state index < -0.39 is 0 Å². The lowest BCUT2D eigenvalue weighted by Crippen LogP contribution is -2.43. The van der Waals surface area contributed by atoms with Crippen molar-refractivity contribution >= 4 is 29.9 Å². The Kier molecular flexibility index (Phi) is 9.59. The summed E-state index contributed by atoms with van der Waals surface area (Å²) in [5, 5.41) is 6.54. The van der Waals surface area contributed by atoms with Crippen LogP contribution in [0.25, 0.3) is 0 Å². The molecule has 0 heterocycles. The molecule has 0 aromatic heterocycles. The number of benzene rings is 1. The molecule has 0 saturated heterocycles. The molecule has 4 nitrogen and oxygen atoms in total. The van der Waals surface area contributed by atoms with Crippen molar-refractivity contribution in [1.29, 1.82) is 0 Å². The molecule has 108 valence electrons. The van der Waals surface area contributed by atoms with Gasteiger partial charge in [0.2, 0.25) is 0 Å². The number of hydrogen-bond acceptors (Lipinski definition) is 2. The molecule has 0 aliphatic rings. The fraction of sp³-hybridized carbons (Fsp3) is 0.500. The van der Waals surface area contributed by atoms with E-state index in [-0.39, 0.29) is 30.0 Å². The van der Waals surface area contributed by atoms with E-state index in [0.717, 1.165) is 12.5 Å². The van der Waals surface area contributed by atoms with Crippen LogP contribution in [0.5, 0.6) is 0 Å². The summed E-state index contributed by atoms with van der Waals surface area (Å²) in [6, 6.07) is 8.70. The molecule has 1 atom stereocenters. The minimum atomic E-state index is 0. The Bertz CT molecular complexity index is 379. The summed E-state index contributed by atoms with van der Waals surface area (Å²) >= 11 is 0. The molecule has 0 spiro atoms. The molecule has 0 fully saturated rings. The van der Waals surface area contributed by atoms with E-state index in [1.807, 2.05) is 0 Å². The third kappa shape index (κ3) is 7.37. The van der Waals surface area contributed by atoms with Gasteiger partial charge in [0.15, 0.2) is 5.96 Å². The lowest BCUT2D eigenvalue weighted by Gasteiger charge is -2.17. The van der Waals surface area contributed by atoms with Gasteiger partial charge in [-0.2, -0.15) is 0 Å². The van der Waals surface area contributed by atoms with Crippen LogP contribution in [0.1, 0.15) is 18.1 Å². The smallest absolute Gasteiger partial charge is 0.191 e. The third-order valence-electron chi connectivity index (χ3n) is 2.60. The Morgan fingerprint density at radius 3 is 2.47 bits per heavy atom. The summed E-state index contributed by atoms with van der Waals surface area (Å²) in [6.45, 7) is 5.57. The van der Waals surface area contributed by atoms with Gasteiger partial charge in [0.1, 0.15) is 0 Å². The molecule has 0 saturated carbocycles. The predicted octanol–water partition coefficient (Wildman–Crippen LogP) is 2.31. The molecule has 19 heavy (non-hydrogen) atoms. The lowest BCUT2D eigenvalue weighted by atomic mass is 10.1. The van der Waals surface area contributed by atoms with Crippen LogP contribution in [0.15, 0.2) is 29.3 Å². The molecular formula is C14H24IN3O. The molecule has 0 amide bonds. The SMILES string of the molecule is CN=C(NCc1ccc(C)cc1)NC(C)COC.I. The lowest BCUT2D eigenvalue weighted by molar-refractivity contribution is 0.179. The zero-order chi connectivity index (χ0) is 13.4. The number of nitrogens with one attached hydrogen (secondary N) is 2. The molecule has 0 radical (unpaired) electrons. The van der Waals surface area contributed by atoms with Gasteiger partial charge in [-0.15, -0.1) is 24.0 Å². The number of ether oxygens (including phenoxy) is 1. The molecule has 5 heteroatoms. The molecule has 0 aliphatic heterocycles. The summed E-state index contributed by atoms with van der Waals surface area (Å²) in [5.41, 5.74) is 2.51. The van der Waals surface area contributed by atoms with E-state index in [0.29, 0.717) is 6.61 Å². The molecule has 1 unspecified atom stereocenters. The first-order valence-corrected chi connectivity index (χ1v) is 6.17. The van der Waals surface area contributed by atoms with Crippen LogP contribution in [-0.2, 0) is 11.3 Å². The van der Waals surface area contributed by atoms with Crippen LogP contribution in [0.4, 0.5) is 0 Å². The maximum Gasteiger partial charge on any atom is 0.191 e. The topological polar surface area (TPSA) is 45.7 Å². The quantitative estimate of drug-likeness (QED) is 0.470. The van der Waals surface area contributed by atoms with Crippen molar-refractivity contribution in [3.8, 4) is 0 Å². The number of halogens is 1. The highest BCUT2D eigenvalue weighted by atomic mass is 127. The van der Waals surface area contributed by atoms with Gasteiger partial charge in [0.25, 0.3) is 0 Å². The molecule has 0 aliphatic carbocycles. The number of hydrogen-bond donors (Lipinski definition) is 2. The van der Waals surface area contributed by atoms with E-state index >= 15 is 0 Å². The van der Waals surface area contributed by atoms with Crippen molar-refractivity contribution in [2.75, 3.05) is 20.8 Å². The average molecular weight is 377 g/mol. The standard InChI is InChI=1S/C14H23N3O.HI/c1-11-5-7-13(8-6-11)9-16-14(15-3)17-12(2)10-18-4;/h5-8,12H,9-10H2,1-4H3,(H2,15,16,17);1H. The van der Waals surface area contributed by atoms with Crippen molar-refractivity contribution in [2.24, 2.45) is 4.99 Å². The van der Waals surface area contributed by atoms with E-state index in [1.54, 1.807) is 14.2 Å². The highest BCUT2D eigenvalue weighted by Gasteiger charge is 2.04. The van der Waals surface area contributed by atoms with Crippen molar-refractivity contribution in [1.82, 2.24) is 10.6 Å². The second-order valence-electron chi connectivity index (χ2n) is 4.41. The van der Waals surface area contributed by atoms with Gasteiger partial charge in [0, 0.05) is 26.7 Å². The second kappa shape index (κ2) is 10.0. The zero-order valence-corrected chi connectivity index (χ0v) is 14.4. The third-order valence-corrected chi connectivity index (χ3v) is 2.60. The van der Waals surface area contributed by atoms with Crippen molar-refractivity contribution in [2.45, 2.75) is 26.4 Å². The Balaban J connectivity index is 0.00000324. The van der Waals surface area contributed by atoms with Crippen LogP contribution in [0, 0.1) is 6.92 Å². The molecule has 1 rings (SSSR count). The van der Waals surface area contributed by atoms with Gasteiger partial charge in [0.05, 0.1) is 6.61 Å². The summed E-state index contributed by atoms with van der Waals surface area (Å²) < 4.78 is 5.08.